The Bertz CT molecular complexity index is 675. The van der Waals surface area contributed by atoms with Crippen LogP contribution in [0.15, 0.2) is 41.8 Å². The van der Waals surface area contributed by atoms with E-state index in [0.29, 0.717) is 19.7 Å². The van der Waals surface area contributed by atoms with Crippen LogP contribution in [0.3, 0.4) is 0 Å². The van der Waals surface area contributed by atoms with Gasteiger partial charge in [0.2, 0.25) is 5.91 Å². The number of thiophene rings is 1. The molecule has 1 amide bonds. The van der Waals surface area contributed by atoms with Gasteiger partial charge in [0.05, 0.1) is 32.9 Å². The third kappa shape index (κ3) is 5.56. The summed E-state index contributed by atoms with van der Waals surface area (Å²) < 4.78 is 11.1. The van der Waals surface area contributed by atoms with Gasteiger partial charge in [-0.3, -0.25) is 9.69 Å². The zero-order chi connectivity index (χ0) is 17.5. The summed E-state index contributed by atoms with van der Waals surface area (Å²) in [5.41, 5.74) is 1.19. The summed E-state index contributed by atoms with van der Waals surface area (Å²) >= 11 is 1.66. The number of benzene rings is 1. The standard InChI is InChI=1S/C19H24N2O3S/c1-23-16-5-2-4-15(10-16)11-17-13-21(7-8-24-17)14-19(22)20-12-18-6-3-9-25-18/h2-6,9-10,17H,7-8,11-14H2,1H3,(H,20,22)/t17-/m1/s1. The van der Waals surface area contributed by atoms with Gasteiger partial charge in [0.1, 0.15) is 5.75 Å². The zero-order valence-corrected chi connectivity index (χ0v) is 15.3. The van der Waals surface area contributed by atoms with Crippen LogP contribution in [0.25, 0.3) is 0 Å². The molecule has 134 valence electrons. The molecule has 0 radical (unpaired) electrons. The smallest absolute Gasteiger partial charge is 0.234 e. The van der Waals surface area contributed by atoms with Crippen LogP contribution >= 0.6 is 11.3 Å². The maximum atomic E-state index is 12.1. The average molecular weight is 360 g/mol. The predicted octanol–water partition coefficient (Wildman–Crippen LogP) is 2.32. The van der Waals surface area contributed by atoms with Crippen LogP contribution in [0, 0.1) is 0 Å². The van der Waals surface area contributed by atoms with Crippen molar-refractivity contribution in [1.82, 2.24) is 10.2 Å². The number of rotatable bonds is 7. The predicted molar refractivity (Wildman–Crippen MR) is 99.0 cm³/mol. The molecule has 5 nitrogen and oxygen atoms in total. The number of nitrogens with one attached hydrogen (secondary N) is 1. The highest BCUT2D eigenvalue weighted by molar-refractivity contribution is 7.09. The van der Waals surface area contributed by atoms with Gasteiger partial charge in [0.15, 0.2) is 0 Å². The van der Waals surface area contributed by atoms with E-state index in [1.54, 1.807) is 18.4 Å². The highest BCUT2D eigenvalue weighted by Crippen LogP contribution is 2.17. The van der Waals surface area contributed by atoms with Crippen molar-refractivity contribution in [1.29, 1.82) is 0 Å². The molecule has 0 saturated carbocycles. The lowest BCUT2D eigenvalue weighted by Gasteiger charge is -2.32. The van der Waals surface area contributed by atoms with E-state index in [-0.39, 0.29) is 12.0 Å². The molecule has 0 spiro atoms. The number of amides is 1. The molecule has 1 fully saturated rings. The number of hydrogen-bond donors (Lipinski definition) is 1. The van der Waals surface area contributed by atoms with Crippen LogP contribution in [0.4, 0.5) is 0 Å². The molecule has 1 aromatic carbocycles. The summed E-state index contributed by atoms with van der Waals surface area (Å²) in [6.07, 6.45) is 0.927. The molecule has 0 bridgehead atoms. The Kier molecular flexibility index (Phi) is 6.44. The van der Waals surface area contributed by atoms with Crippen LogP contribution in [0.1, 0.15) is 10.4 Å². The molecule has 1 N–H and O–H groups in total. The first-order valence-electron chi connectivity index (χ1n) is 8.49. The molecular weight excluding hydrogens is 336 g/mol. The van der Waals surface area contributed by atoms with Crippen molar-refractivity contribution in [3.8, 4) is 5.75 Å². The van der Waals surface area contributed by atoms with Gasteiger partial charge in [-0.05, 0) is 29.1 Å². The molecule has 1 atom stereocenters. The van der Waals surface area contributed by atoms with E-state index in [2.05, 4.69) is 16.3 Å². The number of carbonyl (C=O) groups excluding carboxylic acids is 1. The fraction of sp³-hybridized carbons (Fsp3) is 0.421. The third-order valence-corrected chi connectivity index (χ3v) is 5.10. The summed E-state index contributed by atoms with van der Waals surface area (Å²) in [5, 5.41) is 5.00. The number of nitrogens with zero attached hydrogens (tertiary/aromatic N) is 1. The third-order valence-electron chi connectivity index (χ3n) is 4.23. The number of morpholine rings is 1. The Morgan fingerprint density at radius 1 is 1.40 bits per heavy atom. The highest BCUT2D eigenvalue weighted by Gasteiger charge is 2.22. The lowest BCUT2D eigenvalue weighted by molar-refractivity contribution is -0.124. The number of ether oxygens (including phenoxy) is 2. The summed E-state index contributed by atoms with van der Waals surface area (Å²) in [5.74, 6) is 0.925. The first-order valence-corrected chi connectivity index (χ1v) is 9.37. The normalized spacial score (nSPS) is 18.0. The number of hydrogen-bond acceptors (Lipinski definition) is 5. The van der Waals surface area contributed by atoms with Crippen LogP contribution in [0.2, 0.25) is 0 Å². The minimum atomic E-state index is 0.0652. The molecule has 2 aromatic rings. The van der Waals surface area contributed by atoms with Crippen LogP contribution in [-0.4, -0.2) is 50.3 Å². The van der Waals surface area contributed by atoms with Gasteiger partial charge in [-0.1, -0.05) is 18.2 Å². The molecule has 1 aromatic heterocycles. The number of methoxy groups -OCH3 is 1. The molecule has 0 unspecified atom stereocenters. The summed E-state index contributed by atoms with van der Waals surface area (Å²) in [4.78, 5) is 15.5. The van der Waals surface area contributed by atoms with Crippen molar-refractivity contribution in [2.45, 2.75) is 19.1 Å². The van der Waals surface area contributed by atoms with E-state index in [4.69, 9.17) is 9.47 Å². The van der Waals surface area contributed by atoms with Crippen molar-refractivity contribution in [2.24, 2.45) is 0 Å². The lowest BCUT2D eigenvalue weighted by atomic mass is 10.1. The Labute approximate surface area is 152 Å². The van der Waals surface area contributed by atoms with Gasteiger partial charge >= 0.3 is 0 Å². The SMILES string of the molecule is COc1cccc(C[C@@H]2CN(CC(=O)NCc3cccs3)CCO2)c1. The minimum absolute atomic E-state index is 0.0652. The molecule has 0 aliphatic carbocycles. The van der Waals surface area contributed by atoms with Crippen molar-refractivity contribution in [3.63, 3.8) is 0 Å². The fourth-order valence-corrected chi connectivity index (χ4v) is 3.61. The second-order valence-corrected chi connectivity index (χ2v) is 7.17. The van der Waals surface area contributed by atoms with Crippen molar-refractivity contribution in [3.05, 3.63) is 52.2 Å². The van der Waals surface area contributed by atoms with Crippen molar-refractivity contribution >= 4 is 17.2 Å². The molecule has 6 heteroatoms. The molecule has 2 heterocycles. The Balaban J connectivity index is 1.46. The number of carbonyl (C=O) groups is 1. The van der Waals surface area contributed by atoms with Crippen molar-refractivity contribution < 1.29 is 14.3 Å². The van der Waals surface area contributed by atoms with Crippen LogP contribution < -0.4 is 10.1 Å². The van der Waals surface area contributed by atoms with Gasteiger partial charge in [0.25, 0.3) is 0 Å². The van der Waals surface area contributed by atoms with Gasteiger partial charge in [0, 0.05) is 24.4 Å². The lowest BCUT2D eigenvalue weighted by Crippen LogP contribution is -2.47. The van der Waals surface area contributed by atoms with Gasteiger partial charge in [-0.25, -0.2) is 0 Å². The Hall–Kier alpha value is -1.89. The van der Waals surface area contributed by atoms with Crippen LogP contribution in [-0.2, 0) is 22.5 Å². The molecule has 1 aliphatic rings. The fourth-order valence-electron chi connectivity index (χ4n) is 2.97. The molecular formula is C19H24N2O3S. The minimum Gasteiger partial charge on any atom is -0.497 e. The van der Waals surface area contributed by atoms with Gasteiger partial charge in [-0.2, -0.15) is 0 Å². The quantitative estimate of drug-likeness (QED) is 0.823. The van der Waals surface area contributed by atoms with E-state index in [9.17, 15) is 4.79 Å². The Morgan fingerprint density at radius 2 is 2.32 bits per heavy atom. The van der Waals surface area contributed by atoms with Crippen molar-refractivity contribution in [2.75, 3.05) is 33.4 Å². The van der Waals surface area contributed by atoms with E-state index in [1.165, 1.54) is 10.4 Å². The maximum absolute atomic E-state index is 12.1. The second-order valence-electron chi connectivity index (χ2n) is 6.14. The Morgan fingerprint density at radius 3 is 3.12 bits per heavy atom. The summed E-state index contributed by atoms with van der Waals surface area (Å²) in [6.45, 7) is 3.24. The van der Waals surface area contributed by atoms with Crippen LogP contribution in [0.5, 0.6) is 5.75 Å². The highest BCUT2D eigenvalue weighted by atomic mass is 32.1. The van der Waals surface area contributed by atoms with Gasteiger partial charge < -0.3 is 14.8 Å². The van der Waals surface area contributed by atoms with Gasteiger partial charge in [-0.15, -0.1) is 11.3 Å². The van der Waals surface area contributed by atoms with E-state index in [1.807, 2.05) is 35.7 Å². The average Bonchev–Trinajstić information content (AvgIpc) is 3.14. The van der Waals surface area contributed by atoms with E-state index < -0.39 is 0 Å². The first-order chi connectivity index (χ1) is 12.2. The monoisotopic (exact) mass is 360 g/mol. The molecule has 1 saturated heterocycles. The summed E-state index contributed by atoms with van der Waals surface area (Å²) in [7, 11) is 1.67. The molecule has 1 aliphatic heterocycles. The maximum Gasteiger partial charge on any atom is 0.234 e. The van der Waals surface area contributed by atoms with E-state index in [0.717, 1.165) is 25.3 Å². The first kappa shape index (κ1) is 17.9. The molecule has 25 heavy (non-hydrogen) atoms. The topological polar surface area (TPSA) is 50.8 Å². The largest absolute Gasteiger partial charge is 0.497 e. The summed E-state index contributed by atoms with van der Waals surface area (Å²) in [6, 6.07) is 12.1. The zero-order valence-electron chi connectivity index (χ0n) is 14.4. The molecule has 3 rings (SSSR count). The second kappa shape index (κ2) is 8.99. The van der Waals surface area contributed by atoms with E-state index >= 15 is 0 Å².